The molecule has 0 saturated carbocycles. The Bertz CT molecular complexity index is 679. The summed E-state index contributed by atoms with van der Waals surface area (Å²) in [4.78, 5) is 13.7. The number of esters is 1. The summed E-state index contributed by atoms with van der Waals surface area (Å²) in [6, 6.07) is 11.6. The number of ether oxygens (including phenoxy) is 1. The minimum absolute atomic E-state index is 0.0295. The molecule has 1 aromatic rings. The van der Waals surface area contributed by atoms with Crippen LogP contribution in [0.15, 0.2) is 73.0 Å². The highest BCUT2D eigenvalue weighted by atomic mass is 16.5. The first-order valence-corrected chi connectivity index (χ1v) is 7.66. The molecule has 4 nitrogen and oxygen atoms in total. The van der Waals surface area contributed by atoms with Crippen molar-refractivity contribution in [3.05, 3.63) is 78.6 Å². The molecule has 4 heteroatoms. The Morgan fingerprint density at radius 3 is 2.62 bits per heavy atom. The van der Waals surface area contributed by atoms with Gasteiger partial charge in [0.15, 0.2) is 0 Å². The monoisotopic (exact) mass is 322 g/mol. The van der Waals surface area contributed by atoms with Gasteiger partial charge in [0.1, 0.15) is 11.6 Å². The summed E-state index contributed by atoms with van der Waals surface area (Å²) in [5, 5.41) is 9.11. The molecule has 0 fully saturated rings. The number of allylic oxidation sites excluding steroid dienone is 4. The van der Waals surface area contributed by atoms with Gasteiger partial charge in [-0.1, -0.05) is 42.5 Å². The summed E-state index contributed by atoms with van der Waals surface area (Å²) in [7, 11) is 1.94. The predicted molar refractivity (Wildman–Crippen MR) is 96.7 cm³/mol. The van der Waals surface area contributed by atoms with Gasteiger partial charge >= 0.3 is 5.97 Å². The lowest BCUT2D eigenvalue weighted by Gasteiger charge is -2.11. The molecule has 0 bridgehead atoms. The SMILES string of the molecule is C=CCN(C)C=CC(=CC=C(C#N)C(=O)OCC)c1ccccc1. The molecule has 0 aliphatic rings. The van der Waals surface area contributed by atoms with E-state index in [-0.39, 0.29) is 12.2 Å². The van der Waals surface area contributed by atoms with E-state index in [9.17, 15) is 4.79 Å². The Labute approximate surface area is 143 Å². The van der Waals surface area contributed by atoms with Gasteiger partial charge in [0, 0.05) is 13.6 Å². The fourth-order valence-electron chi connectivity index (χ4n) is 1.88. The quantitative estimate of drug-likeness (QED) is 0.241. The third kappa shape index (κ3) is 6.37. The Balaban J connectivity index is 3.15. The van der Waals surface area contributed by atoms with Crippen molar-refractivity contribution in [1.29, 1.82) is 5.26 Å². The molecule has 0 N–H and O–H groups in total. The molecule has 0 amide bonds. The Hall–Kier alpha value is -3.06. The molecule has 124 valence electrons. The van der Waals surface area contributed by atoms with Crippen LogP contribution in [0.25, 0.3) is 5.57 Å². The van der Waals surface area contributed by atoms with Crippen molar-refractivity contribution in [2.24, 2.45) is 0 Å². The first-order valence-electron chi connectivity index (χ1n) is 7.66. The molecule has 1 rings (SSSR count). The summed E-state index contributed by atoms with van der Waals surface area (Å²) >= 11 is 0. The molecule has 1 aromatic carbocycles. The average molecular weight is 322 g/mol. The smallest absolute Gasteiger partial charge is 0.348 e. The number of carbonyl (C=O) groups is 1. The van der Waals surface area contributed by atoms with E-state index in [1.807, 2.05) is 66.7 Å². The number of hydrogen-bond acceptors (Lipinski definition) is 4. The standard InChI is InChI=1S/C20H22N2O2/c1-4-14-22(3)15-13-18(17-9-7-6-8-10-17)11-12-19(16-21)20(23)24-5-2/h4,6-13,15H,1,5,14H2,2-3H3. The first kappa shape index (κ1) is 19.0. The van der Waals surface area contributed by atoms with Crippen molar-refractivity contribution < 1.29 is 9.53 Å². The largest absolute Gasteiger partial charge is 0.462 e. The maximum absolute atomic E-state index is 11.7. The summed E-state index contributed by atoms with van der Waals surface area (Å²) in [5.41, 5.74) is 1.83. The van der Waals surface area contributed by atoms with Crippen molar-refractivity contribution in [2.45, 2.75) is 6.92 Å². The molecular formula is C20H22N2O2. The predicted octanol–water partition coefficient (Wildman–Crippen LogP) is 3.71. The van der Waals surface area contributed by atoms with E-state index < -0.39 is 5.97 Å². The van der Waals surface area contributed by atoms with E-state index in [2.05, 4.69) is 6.58 Å². The summed E-state index contributed by atoms with van der Waals surface area (Å²) in [6.45, 7) is 6.37. The van der Waals surface area contributed by atoms with Crippen molar-refractivity contribution in [2.75, 3.05) is 20.2 Å². The van der Waals surface area contributed by atoms with Crippen LogP contribution in [-0.2, 0) is 9.53 Å². The topological polar surface area (TPSA) is 53.3 Å². The van der Waals surface area contributed by atoms with Crippen molar-refractivity contribution in [1.82, 2.24) is 4.90 Å². The molecule has 0 heterocycles. The molecule has 0 aliphatic heterocycles. The number of rotatable bonds is 8. The summed E-state index contributed by atoms with van der Waals surface area (Å²) in [5.74, 6) is -0.614. The van der Waals surface area contributed by atoms with Gasteiger partial charge in [-0.05, 0) is 36.4 Å². The van der Waals surface area contributed by atoms with Gasteiger partial charge in [-0.15, -0.1) is 6.58 Å². The lowest BCUT2D eigenvalue weighted by atomic mass is 10.0. The van der Waals surface area contributed by atoms with E-state index in [1.165, 1.54) is 6.08 Å². The van der Waals surface area contributed by atoms with Crippen LogP contribution >= 0.6 is 0 Å². The van der Waals surface area contributed by atoms with Crippen LogP contribution in [0.4, 0.5) is 0 Å². The molecule has 0 unspecified atom stereocenters. The van der Waals surface area contributed by atoms with Crippen molar-refractivity contribution in [3.8, 4) is 6.07 Å². The maximum atomic E-state index is 11.7. The van der Waals surface area contributed by atoms with Crippen LogP contribution in [0, 0.1) is 11.3 Å². The number of hydrogen-bond donors (Lipinski definition) is 0. The van der Waals surface area contributed by atoms with Gasteiger partial charge < -0.3 is 9.64 Å². The zero-order chi connectivity index (χ0) is 17.8. The van der Waals surface area contributed by atoms with Crippen LogP contribution in [0.2, 0.25) is 0 Å². The zero-order valence-electron chi connectivity index (χ0n) is 14.1. The third-order valence-corrected chi connectivity index (χ3v) is 3.08. The van der Waals surface area contributed by atoms with Gasteiger partial charge in [0.2, 0.25) is 0 Å². The number of likely N-dealkylation sites (N-methyl/N-ethyl adjacent to an activating group) is 1. The first-order chi connectivity index (χ1) is 11.6. The highest BCUT2D eigenvalue weighted by Gasteiger charge is 2.08. The molecule has 0 aromatic heterocycles. The molecule has 0 spiro atoms. The number of carbonyl (C=O) groups excluding carboxylic acids is 1. The minimum Gasteiger partial charge on any atom is -0.462 e. The van der Waals surface area contributed by atoms with Crippen LogP contribution in [-0.4, -0.2) is 31.1 Å². The normalized spacial score (nSPS) is 11.9. The molecule has 0 atom stereocenters. The highest BCUT2D eigenvalue weighted by Crippen LogP contribution is 2.16. The van der Waals surface area contributed by atoms with Crippen LogP contribution in [0.3, 0.4) is 0 Å². The average Bonchev–Trinajstić information content (AvgIpc) is 2.59. The minimum atomic E-state index is -0.614. The summed E-state index contributed by atoms with van der Waals surface area (Å²) < 4.78 is 4.87. The third-order valence-electron chi connectivity index (χ3n) is 3.08. The van der Waals surface area contributed by atoms with E-state index in [0.717, 1.165) is 17.7 Å². The second kappa shape index (κ2) is 10.6. The fourth-order valence-corrected chi connectivity index (χ4v) is 1.88. The van der Waals surface area contributed by atoms with Gasteiger partial charge in [-0.25, -0.2) is 4.79 Å². The van der Waals surface area contributed by atoms with Gasteiger partial charge in [0.25, 0.3) is 0 Å². The second-order valence-electron chi connectivity index (χ2n) is 4.94. The van der Waals surface area contributed by atoms with Crippen LogP contribution < -0.4 is 0 Å². The highest BCUT2D eigenvalue weighted by molar-refractivity contribution is 5.93. The van der Waals surface area contributed by atoms with Gasteiger partial charge in [-0.2, -0.15) is 5.26 Å². The van der Waals surface area contributed by atoms with Gasteiger partial charge in [-0.3, -0.25) is 0 Å². The Kier molecular flexibility index (Phi) is 8.41. The zero-order valence-corrected chi connectivity index (χ0v) is 14.1. The van der Waals surface area contributed by atoms with Crippen molar-refractivity contribution >= 4 is 11.5 Å². The molecular weight excluding hydrogens is 300 g/mol. The number of benzene rings is 1. The van der Waals surface area contributed by atoms with Crippen LogP contribution in [0.1, 0.15) is 12.5 Å². The Morgan fingerprint density at radius 2 is 2.04 bits per heavy atom. The fraction of sp³-hybridized carbons (Fsp3) is 0.200. The van der Waals surface area contributed by atoms with E-state index >= 15 is 0 Å². The summed E-state index contributed by atoms with van der Waals surface area (Å²) in [6.07, 6.45) is 8.88. The molecule has 24 heavy (non-hydrogen) atoms. The second-order valence-corrected chi connectivity index (χ2v) is 4.94. The van der Waals surface area contributed by atoms with Gasteiger partial charge in [0.05, 0.1) is 6.61 Å². The molecule has 0 radical (unpaired) electrons. The molecule has 0 aliphatic carbocycles. The Morgan fingerprint density at radius 1 is 1.33 bits per heavy atom. The lowest BCUT2D eigenvalue weighted by Crippen LogP contribution is -2.09. The number of nitriles is 1. The number of nitrogens with zero attached hydrogens (tertiary/aromatic N) is 2. The maximum Gasteiger partial charge on any atom is 0.348 e. The van der Waals surface area contributed by atoms with E-state index in [0.29, 0.717) is 0 Å². The van der Waals surface area contributed by atoms with E-state index in [1.54, 1.807) is 13.0 Å². The van der Waals surface area contributed by atoms with E-state index in [4.69, 9.17) is 10.00 Å². The van der Waals surface area contributed by atoms with Crippen molar-refractivity contribution in [3.63, 3.8) is 0 Å². The molecule has 0 saturated heterocycles. The van der Waals surface area contributed by atoms with Crippen LogP contribution in [0.5, 0.6) is 0 Å². The lowest BCUT2D eigenvalue weighted by molar-refractivity contribution is -0.138.